The largest absolute Gasteiger partial charge is 0.497 e. The van der Waals surface area contributed by atoms with Crippen LogP contribution in [0.5, 0.6) is 5.75 Å². The van der Waals surface area contributed by atoms with Crippen LogP contribution in [0.25, 0.3) is 11.0 Å². The summed E-state index contributed by atoms with van der Waals surface area (Å²) in [5.74, 6) is -0.214. The van der Waals surface area contributed by atoms with Crippen LogP contribution in [0.2, 0.25) is 0 Å². The Morgan fingerprint density at radius 2 is 1.54 bits per heavy atom. The molecule has 8 heteroatoms. The number of rotatable bonds is 9. The van der Waals surface area contributed by atoms with E-state index in [1.54, 1.807) is 39.0 Å². The maximum atomic E-state index is 13.6. The van der Waals surface area contributed by atoms with Crippen LogP contribution in [0.3, 0.4) is 0 Å². The van der Waals surface area contributed by atoms with E-state index in [1.807, 2.05) is 34.6 Å². The molecule has 0 aliphatic carbocycles. The first-order chi connectivity index (χ1) is 16.0. The average Bonchev–Trinajstić information content (AvgIpc) is 2.75. The molecule has 0 aliphatic rings. The predicted octanol–water partition coefficient (Wildman–Crippen LogP) is 4.24. The summed E-state index contributed by atoms with van der Waals surface area (Å²) in [7, 11) is 1.53. The number of methoxy groups -OCH3 is 1. The minimum absolute atomic E-state index is 0.0209. The second-order valence-corrected chi connectivity index (χ2v) is 11.6. The third-order valence-electron chi connectivity index (χ3n) is 6.09. The molecule has 0 fully saturated rings. The van der Waals surface area contributed by atoms with Crippen LogP contribution in [-0.4, -0.2) is 40.8 Å². The molecule has 35 heavy (non-hydrogen) atoms. The predicted molar refractivity (Wildman–Crippen MR) is 135 cm³/mol. The smallest absolute Gasteiger partial charge is 0.306 e. The average molecular weight is 487 g/mol. The summed E-state index contributed by atoms with van der Waals surface area (Å²) in [6.07, 6.45) is 0.305. The third-order valence-corrected chi connectivity index (χ3v) is 6.09. The van der Waals surface area contributed by atoms with Crippen LogP contribution in [0, 0.1) is 10.8 Å². The number of fused-ring (bicyclic) bond motifs is 1. The molecule has 1 heterocycles. The van der Waals surface area contributed by atoms with Crippen LogP contribution in [0.1, 0.15) is 73.9 Å². The van der Waals surface area contributed by atoms with Crippen molar-refractivity contribution in [2.75, 3.05) is 13.7 Å². The van der Waals surface area contributed by atoms with Crippen molar-refractivity contribution in [3.8, 4) is 5.75 Å². The molecular weight excluding hydrogens is 448 g/mol. The molecule has 1 aromatic heterocycles. The highest BCUT2D eigenvalue weighted by molar-refractivity contribution is 5.87. The number of Topliss-reactive ketones (excluding diaryl/α,β-unsaturated/α-hetero) is 2. The van der Waals surface area contributed by atoms with Gasteiger partial charge in [0.1, 0.15) is 11.4 Å². The van der Waals surface area contributed by atoms with E-state index in [9.17, 15) is 19.2 Å². The van der Waals surface area contributed by atoms with Gasteiger partial charge in [0.05, 0.1) is 24.7 Å². The lowest BCUT2D eigenvalue weighted by Crippen LogP contribution is -2.37. The number of benzene rings is 1. The third kappa shape index (κ3) is 6.99. The van der Waals surface area contributed by atoms with Crippen molar-refractivity contribution in [3.05, 3.63) is 34.2 Å². The monoisotopic (exact) mass is 486 g/mol. The van der Waals surface area contributed by atoms with E-state index < -0.39 is 22.2 Å². The number of nitrogens with zero attached hydrogens (tertiary/aromatic N) is 2. The van der Waals surface area contributed by atoms with Gasteiger partial charge in [-0.3, -0.25) is 23.7 Å². The van der Waals surface area contributed by atoms with Crippen LogP contribution in [0.15, 0.2) is 23.0 Å². The Labute approximate surface area is 207 Å². The van der Waals surface area contributed by atoms with Gasteiger partial charge in [0, 0.05) is 28.7 Å². The van der Waals surface area contributed by atoms with Crippen molar-refractivity contribution in [1.82, 2.24) is 9.55 Å². The van der Waals surface area contributed by atoms with Gasteiger partial charge in [-0.05, 0) is 18.6 Å². The maximum Gasteiger partial charge on any atom is 0.306 e. The van der Waals surface area contributed by atoms with Crippen LogP contribution >= 0.6 is 0 Å². The Morgan fingerprint density at radius 3 is 2.09 bits per heavy atom. The topological polar surface area (TPSA) is 105 Å². The lowest BCUT2D eigenvalue weighted by molar-refractivity contribution is -0.150. The Morgan fingerprint density at radius 1 is 0.943 bits per heavy atom. The number of carbonyl (C=O) groups is 3. The second kappa shape index (κ2) is 10.3. The van der Waals surface area contributed by atoms with Gasteiger partial charge >= 0.3 is 5.97 Å². The minimum Gasteiger partial charge on any atom is -0.497 e. The first-order valence-electron chi connectivity index (χ1n) is 11.8. The van der Waals surface area contributed by atoms with Crippen molar-refractivity contribution in [1.29, 1.82) is 0 Å². The highest BCUT2D eigenvalue weighted by Crippen LogP contribution is 2.28. The zero-order chi connectivity index (χ0) is 26.8. The van der Waals surface area contributed by atoms with E-state index in [0.29, 0.717) is 16.8 Å². The van der Waals surface area contributed by atoms with Gasteiger partial charge in [-0.15, -0.1) is 0 Å². The Bertz CT molecular complexity index is 1180. The standard InChI is InChI=1S/C27H38N2O6/c1-25(2,3)20(30)15-29-19-14-17(34-9)10-11-18(19)28-23(24(29)33)27(7,8)13-12-22(32)35-16-21(31)26(4,5)6/h10-11,14H,12-13,15-16H2,1-9H3. The molecule has 0 amide bonds. The highest BCUT2D eigenvalue weighted by Gasteiger charge is 2.31. The van der Waals surface area contributed by atoms with Crippen molar-refractivity contribution in [3.63, 3.8) is 0 Å². The fourth-order valence-electron chi connectivity index (χ4n) is 3.29. The number of aromatic nitrogens is 2. The van der Waals surface area contributed by atoms with Gasteiger partial charge in [-0.25, -0.2) is 4.98 Å². The molecule has 0 unspecified atom stereocenters. The summed E-state index contributed by atoms with van der Waals surface area (Å²) in [5, 5.41) is 0. The van der Waals surface area contributed by atoms with E-state index in [0.717, 1.165) is 0 Å². The number of hydrogen-bond acceptors (Lipinski definition) is 7. The van der Waals surface area contributed by atoms with Crippen LogP contribution in [0.4, 0.5) is 0 Å². The maximum absolute atomic E-state index is 13.6. The van der Waals surface area contributed by atoms with Crippen LogP contribution < -0.4 is 10.3 Å². The lowest BCUT2D eigenvalue weighted by atomic mass is 9.84. The van der Waals surface area contributed by atoms with E-state index in [4.69, 9.17) is 9.47 Å². The summed E-state index contributed by atoms with van der Waals surface area (Å²) in [6, 6.07) is 5.19. The molecule has 2 rings (SSSR count). The molecule has 2 aromatic rings. The molecule has 0 radical (unpaired) electrons. The van der Waals surface area contributed by atoms with E-state index in [1.165, 1.54) is 11.7 Å². The Hall–Kier alpha value is -3.03. The number of ether oxygens (including phenoxy) is 2. The molecular formula is C27H38N2O6. The molecule has 0 saturated heterocycles. The molecule has 8 nitrogen and oxygen atoms in total. The van der Waals surface area contributed by atoms with Crippen molar-refractivity contribution < 1.29 is 23.9 Å². The molecule has 1 aromatic carbocycles. The molecule has 0 spiro atoms. The summed E-state index contributed by atoms with van der Waals surface area (Å²) in [4.78, 5) is 55.4. The molecule has 0 atom stereocenters. The minimum atomic E-state index is -0.787. The fraction of sp³-hybridized carbons (Fsp3) is 0.593. The fourth-order valence-corrected chi connectivity index (χ4v) is 3.29. The van der Waals surface area contributed by atoms with Gasteiger partial charge in [-0.2, -0.15) is 0 Å². The summed E-state index contributed by atoms with van der Waals surface area (Å²) in [5.41, 5.74) is -1.07. The van der Waals surface area contributed by atoms with Crippen molar-refractivity contribution in [2.24, 2.45) is 10.8 Å². The molecule has 0 bridgehead atoms. The van der Waals surface area contributed by atoms with Crippen LogP contribution in [-0.2, 0) is 31.1 Å². The van der Waals surface area contributed by atoms with Crippen molar-refractivity contribution >= 4 is 28.6 Å². The van der Waals surface area contributed by atoms with Gasteiger partial charge < -0.3 is 9.47 Å². The summed E-state index contributed by atoms with van der Waals surface area (Å²) >= 11 is 0. The molecule has 192 valence electrons. The first kappa shape index (κ1) is 28.2. The normalized spacial score (nSPS) is 12.5. The lowest BCUT2D eigenvalue weighted by Gasteiger charge is -2.25. The highest BCUT2D eigenvalue weighted by atomic mass is 16.5. The zero-order valence-electron chi connectivity index (χ0n) is 22.4. The Kier molecular flexibility index (Phi) is 8.30. The van der Waals surface area contributed by atoms with E-state index >= 15 is 0 Å². The van der Waals surface area contributed by atoms with E-state index in [2.05, 4.69) is 4.98 Å². The van der Waals surface area contributed by atoms with E-state index in [-0.39, 0.29) is 48.8 Å². The number of hydrogen-bond donors (Lipinski definition) is 0. The number of ketones is 2. The summed E-state index contributed by atoms with van der Waals surface area (Å²) in [6.45, 7) is 14.0. The second-order valence-electron chi connectivity index (χ2n) is 11.6. The summed E-state index contributed by atoms with van der Waals surface area (Å²) < 4.78 is 11.9. The van der Waals surface area contributed by atoms with Gasteiger partial charge in [-0.1, -0.05) is 55.4 Å². The van der Waals surface area contributed by atoms with Crippen molar-refractivity contribution in [2.45, 2.75) is 80.2 Å². The quantitative estimate of drug-likeness (QED) is 0.488. The number of carbonyl (C=O) groups excluding carboxylic acids is 3. The van der Waals surface area contributed by atoms with Gasteiger partial charge in [0.15, 0.2) is 18.2 Å². The number of esters is 1. The van der Waals surface area contributed by atoms with Gasteiger partial charge in [0.2, 0.25) is 0 Å². The molecule has 0 N–H and O–H groups in total. The molecule has 0 saturated carbocycles. The molecule has 0 aliphatic heterocycles. The Balaban J connectivity index is 2.39. The van der Waals surface area contributed by atoms with Gasteiger partial charge in [0.25, 0.3) is 5.56 Å². The SMILES string of the molecule is COc1ccc2nc(C(C)(C)CCC(=O)OCC(=O)C(C)(C)C)c(=O)n(CC(=O)C(C)(C)C)c2c1. The zero-order valence-corrected chi connectivity index (χ0v) is 22.4. The first-order valence-corrected chi connectivity index (χ1v) is 11.8.